The lowest BCUT2D eigenvalue weighted by Crippen LogP contribution is -2.38. The Bertz CT molecular complexity index is 177. The molecule has 0 aromatic rings. The summed E-state index contributed by atoms with van der Waals surface area (Å²) >= 11 is 0. The number of hydrogen-bond acceptors (Lipinski definition) is 2. The van der Waals surface area contributed by atoms with Gasteiger partial charge in [-0.2, -0.15) is 0 Å². The number of aliphatic hydroxyl groups excluding tert-OH is 1. The van der Waals surface area contributed by atoms with Crippen molar-refractivity contribution in [1.82, 2.24) is 0 Å². The van der Waals surface area contributed by atoms with Gasteiger partial charge in [-0.1, -0.05) is 18.2 Å². The van der Waals surface area contributed by atoms with Gasteiger partial charge in [-0.3, -0.25) is 0 Å². The molecule has 70 valence electrons. The molecule has 0 aliphatic rings. The Morgan fingerprint density at radius 2 is 1.92 bits per heavy atom. The van der Waals surface area contributed by atoms with Gasteiger partial charge in [0.2, 0.25) is 0 Å². The van der Waals surface area contributed by atoms with Gasteiger partial charge < -0.3 is 10.2 Å². The third-order valence-electron chi connectivity index (χ3n) is 1.91. The predicted octanol–water partition coefficient (Wildman–Crippen LogP) is 1.50. The lowest BCUT2D eigenvalue weighted by molar-refractivity contribution is -0.0113. The van der Waals surface area contributed by atoms with Crippen LogP contribution in [-0.2, 0) is 0 Å². The van der Waals surface area contributed by atoms with Crippen molar-refractivity contribution in [2.45, 2.75) is 32.5 Å². The minimum atomic E-state index is -0.958. The van der Waals surface area contributed by atoms with Crippen LogP contribution in [0.4, 0.5) is 0 Å². The molecule has 0 aromatic carbocycles. The highest BCUT2D eigenvalue weighted by atomic mass is 16.3. The first kappa shape index (κ1) is 11.4. The first-order valence-corrected chi connectivity index (χ1v) is 3.99. The van der Waals surface area contributed by atoms with Crippen molar-refractivity contribution >= 4 is 0 Å². The van der Waals surface area contributed by atoms with E-state index in [1.54, 1.807) is 26.8 Å². The lowest BCUT2D eigenvalue weighted by Gasteiger charge is -2.30. The quantitative estimate of drug-likeness (QED) is 0.628. The largest absolute Gasteiger partial charge is 0.390 e. The summed E-state index contributed by atoms with van der Waals surface area (Å²) < 4.78 is 0. The summed E-state index contributed by atoms with van der Waals surface area (Å²) in [5.41, 5.74) is -0.317. The second-order valence-corrected chi connectivity index (χ2v) is 3.71. The van der Waals surface area contributed by atoms with Crippen molar-refractivity contribution in [1.29, 1.82) is 0 Å². The summed E-state index contributed by atoms with van der Waals surface area (Å²) in [4.78, 5) is 0. The van der Waals surface area contributed by atoms with E-state index in [9.17, 15) is 10.2 Å². The molecule has 2 N–H and O–H groups in total. The maximum absolute atomic E-state index is 9.62. The van der Waals surface area contributed by atoms with Crippen molar-refractivity contribution in [3.8, 4) is 0 Å². The van der Waals surface area contributed by atoms with Gasteiger partial charge in [0.1, 0.15) is 0 Å². The van der Waals surface area contributed by atoms with Crippen LogP contribution in [0.5, 0.6) is 0 Å². The molecule has 0 radical (unpaired) electrons. The van der Waals surface area contributed by atoms with E-state index < -0.39 is 11.7 Å². The molecule has 0 heterocycles. The van der Waals surface area contributed by atoms with Crippen LogP contribution >= 0.6 is 0 Å². The topological polar surface area (TPSA) is 40.5 Å². The first-order valence-electron chi connectivity index (χ1n) is 3.99. The summed E-state index contributed by atoms with van der Waals surface area (Å²) in [6, 6.07) is 0. The van der Waals surface area contributed by atoms with Gasteiger partial charge in [-0.25, -0.2) is 0 Å². The normalized spacial score (nSPS) is 16.8. The maximum Gasteiger partial charge on any atom is 0.0834 e. The zero-order valence-electron chi connectivity index (χ0n) is 8.04. The molecule has 12 heavy (non-hydrogen) atoms. The van der Waals surface area contributed by atoms with E-state index in [0.717, 1.165) is 0 Å². The fraction of sp³-hybridized carbons (Fsp3) is 0.600. The number of rotatable bonds is 4. The second-order valence-electron chi connectivity index (χ2n) is 3.71. The molecule has 0 fully saturated rings. The standard InChI is InChI=1S/C10H18O2/c1-6-8(10(4,5)12)9(11)7(2)3/h6,8-9,11-12H,1-2H2,3-5H3/t8-,9-/m1/s1. The van der Waals surface area contributed by atoms with E-state index in [0.29, 0.717) is 5.57 Å². The number of aliphatic hydroxyl groups is 2. The van der Waals surface area contributed by atoms with Crippen molar-refractivity contribution in [3.05, 3.63) is 24.8 Å². The Morgan fingerprint density at radius 1 is 1.50 bits per heavy atom. The van der Waals surface area contributed by atoms with Crippen LogP contribution in [0.2, 0.25) is 0 Å². The zero-order valence-corrected chi connectivity index (χ0v) is 8.04. The van der Waals surface area contributed by atoms with Crippen LogP contribution in [0, 0.1) is 5.92 Å². The molecule has 2 nitrogen and oxygen atoms in total. The Labute approximate surface area is 74.2 Å². The monoisotopic (exact) mass is 170 g/mol. The molecule has 2 heteroatoms. The third kappa shape index (κ3) is 2.80. The van der Waals surface area contributed by atoms with Gasteiger partial charge in [-0.05, 0) is 20.8 Å². The molecule has 0 aliphatic heterocycles. The van der Waals surface area contributed by atoms with E-state index in [1.807, 2.05) is 0 Å². The average Bonchev–Trinajstić information content (AvgIpc) is 1.85. The van der Waals surface area contributed by atoms with E-state index in [-0.39, 0.29) is 5.92 Å². The predicted molar refractivity (Wildman–Crippen MR) is 50.8 cm³/mol. The zero-order chi connectivity index (χ0) is 9.94. The van der Waals surface area contributed by atoms with Crippen LogP contribution in [-0.4, -0.2) is 21.9 Å². The lowest BCUT2D eigenvalue weighted by atomic mass is 9.84. The molecule has 0 saturated heterocycles. The Morgan fingerprint density at radius 3 is 2.00 bits per heavy atom. The van der Waals surface area contributed by atoms with Gasteiger partial charge in [0.25, 0.3) is 0 Å². The molecular formula is C10H18O2. The van der Waals surface area contributed by atoms with E-state index in [4.69, 9.17) is 0 Å². The molecule has 0 aliphatic carbocycles. The van der Waals surface area contributed by atoms with E-state index in [1.165, 1.54) is 0 Å². The molecule has 0 bridgehead atoms. The average molecular weight is 170 g/mol. The molecule has 0 aromatic heterocycles. The van der Waals surface area contributed by atoms with Gasteiger partial charge in [0.15, 0.2) is 0 Å². The third-order valence-corrected chi connectivity index (χ3v) is 1.91. The highest BCUT2D eigenvalue weighted by Crippen LogP contribution is 2.24. The van der Waals surface area contributed by atoms with Gasteiger partial charge in [0.05, 0.1) is 11.7 Å². The van der Waals surface area contributed by atoms with E-state index >= 15 is 0 Å². The van der Waals surface area contributed by atoms with Gasteiger partial charge in [0, 0.05) is 5.92 Å². The molecule has 0 unspecified atom stereocenters. The molecule has 0 spiro atoms. The fourth-order valence-electron chi connectivity index (χ4n) is 1.11. The molecule has 0 amide bonds. The molecule has 2 atom stereocenters. The van der Waals surface area contributed by atoms with Crippen molar-refractivity contribution < 1.29 is 10.2 Å². The fourth-order valence-corrected chi connectivity index (χ4v) is 1.11. The van der Waals surface area contributed by atoms with E-state index in [2.05, 4.69) is 13.2 Å². The summed E-state index contributed by atoms with van der Waals surface area (Å²) in [5, 5.41) is 19.2. The van der Waals surface area contributed by atoms with Crippen molar-refractivity contribution in [3.63, 3.8) is 0 Å². The highest BCUT2D eigenvalue weighted by molar-refractivity contribution is 5.08. The Balaban J connectivity index is 4.57. The number of hydrogen-bond donors (Lipinski definition) is 2. The van der Waals surface area contributed by atoms with Crippen LogP contribution in [0.1, 0.15) is 20.8 Å². The van der Waals surface area contributed by atoms with Crippen LogP contribution in [0.25, 0.3) is 0 Å². The Hall–Kier alpha value is -0.600. The first-order chi connectivity index (χ1) is 5.30. The minimum Gasteiger partial charge on any atom is -0.390 e. The van der Waals surface area contributed by atoms with Crippen molar-refractivity contribution in [2.24, 2.45) is 5.92 Å². The SMILES string of the molecule is C=C[C@H]([C@H](O)C(=C)C)C(C)(C)O. The van der Waals surface area contributed by atoms with Crippen LogP contribution in [0.15, 0.2) is 24.8 Å². The van der Waals surface area contributed by atoms with Crippen LogP contribution < -0.4 is 0 Å². The van der Waals surface area contributed by atoms with Gasteiger partial charge in [-0.15, -0.1) is 6.58 Å². The van der Waals surface area contributed by atoms with Crippen molar-refractivity contribution in [2.75, 3.05) is 0 Å². The summed E-state index contributed by atoms with van der Waals surface area (Å²) in [5.74, 6) is -0.366. The molecule has 0 rings (SSSR count). The summed E-state index contributed by atoms with van der Waals surface area (Å²) in [7, 11) is 0. The maximum atomic E-state index is 9.62. The smallest absolute Gasteiger partial charge is 0.0834 e. The van der Waals surface area contributed by atoms with Gasteiger partial charge >= 0.3 is 0 Å². The second kappa shape index (κ2) is 3.87. The minimum absolute atomic E-state index is 0.366. The van der Waals surface area contributed by atoms with Crippen LogP contribution in [0.3, 0.4) is 0 Å². The highest BCUT2D eigenvalue weighted by Gasteiger charge is 2.30. The summed E-state index contributed by atoms with van der Waals surface area (Å²) in [6.45, 7) is 12.2. The summed E-state index contributed by atoms with van der Waals surface area (Å²) in [6.07, 6.45) is 0.835. The Kier molecular flexibility index (Phi) is 3.68. The molecule has 0 saturated carbocycles. The molecular weight excluding hydrogens is 152 g/mol.